The Kier molecular flexibility index (Phi) is 3.83. The van der Waals surface area contributed by atoms with Crippen molar-refractivity contribution in [3.8, 4) is 0 Å². The predicted molar refractivity (Wildman–Crippen MR) is 47.3 cm³/mol. The van der Waals surface area contributed by atoms with Crippen LogP contribution in [0.5, 0.6) is 0 Å². The smallest absolute Gasteiger partial charge is 0.0572 e. The summed E-state index contributed by atoms with van der Waals surface area (Å²) in [7, 11) is 0. The van der Waals surface area contributed by atoms with E-state index in [9.17, 15) is 0 Å². The SMILES string of the molecule is CCC[C@H](N)N1CCNCC1. The molecule has 1 aliphatic rings. The molecular weight excluding hydrogens is 138 g/mol. The highest BCUT2D eigenvalue weighted by atomic mass is 15.3. The summed E-state index contributed by atoms with van der Waals surface area (Å²) in [4.78, 5) is 2.36. The average Bonchev–Trinajstić information content (AvgIpc) is 2.07. The van der Waals surface area contributed by atoms with E-state index in [1.165, 1.54) is 6.42 Å². The van der Waals surface area contributed by atoms with E-state index < -0.39 is 0 Å². The lowest BCUT2D eigenvalue weighted by Crippen LogP contribution is -2.51. The van der Waals surface area contributed by atoms with E-state index in [0.717, 1.165) is 32.6 Å². The van der Waals surface area contributed by atoms with Crippen molar-refractivity contribution in [2.75, 3.05) is 26.2 Å². The first-order valence-electron chi connectivity index (χ1n) is 4.55. The first-order valence-corrected chi connectivity index (χ1v) is 4.55. The minimum Gasteiger partial charge on any atom is -0.316 e. The number of hydrogen-bond acceptors (Lipinski definition) is 3. The second-order valence-corrected chi connectivity index (χ2v) is 3.14. The quantitative estimate of drug-likeness (QED) is 0.605. The third kappa shape index (κ3) is 2.77. The van der Waals surface area contributed by atoms with Gasteiger partial charge in [-0.25, -0.2) is 0 Å². The zero-order valence-corrected chi connectivity index (χ0v) is 7.34. The summed E-state index contributed by atoms with van der Waals surface area (Å²) in [6.07, 6.45) is 2.60. The van der Waals surface area contributed by atoms with Crippen molar-refractivity contribution in [1.82, 2.24) is 10.2 Å². The van der Waals surface area contributed by atoms with Crippen LogP contribution in [-0.4, -0.2) is 37.2 Å². The maximum absolute atomic E-state index is 5.96. The Bertz CT molecular complexity index is 99.5. The molecule has 3 N–H and O–H groups in total. The van der Waals surface area contributed by atoms with Gasteiger partial charge in [-0.3, -0.25) is 4.90 Å². The highest BCUT2D eigenvalue weighted by molar-refractivity contribution is 4.71. The first kappa shape index (κ1) is 8.97. The van der Waals surface area contributed by atoms with Crippen molar-refractivity contribution >= 4 is 0 Å². The van der Waals surface area contributed by atoms with Crippen LogP contribution in [-0.2, 0) is 0 Å². The van der Waals surface area contributed by atoms with Crippen molar-refractivity contribution in [3.63, 3.8) is 0 Å². The highest BCUT2D eigenvalue weighted by Gasteiger charge is 2.14. The van der Waals surface area contributed by atoms with Crippen LogP contribution < -0.4 is 11.1 Å². The minimum atomic E-state index is 0.294. The van der Waals surface area contributed by atoms with Crippen LogP contribution in [0.4, 0.5) is 0 Å². The van der Waals surface area contributed by atoms with Gasteiger partial charge in [0.05, 0.1) is 6.17 Å². The van der Waals surface area contributed by atoms with Gasteiger partial charge in [-0.2, -0.15) is 0 Å². The molecule has 1 aliphatic heterocycles. The Morgan fingerprint density at radius 2 is 2.09 bits per heavy atom. The van der Waals surface area contributed by atoms with Crippen molar-refractivity contribution in [1.29, 1.82) is 0 Å². The van der Waals surface area contributed by atoms with E-state index in [1.54, 1.807) is 0 Å². The summed E-state index contributed by atoms with van der Waals surface area (Å²) >= 11 is 0. The Morgan fingerprint density at radius 1 is 1.45 bits per heavy atom. The second-order valence-electron chi connectivity index (χ2n) is 3.14. The van der Waals surface area contributed by atoms with Crippen LogP contribution in [0, 0.1) is 0 Å². The minimum absolute atomic E-state index is 0.294. The van der Waals surface area contributed by atoms with E-state index in [-0.39, 0.29) is 0 Å². The van der Waals surface area contributed by atoms with Gasteiger partial charge < -0.3 is 11.1 Å². The van der Waals surface area contributed by atoms with Crippen molar-refractivity contribution in [2.24, 2.45) is 5.73 Å². The molecule has 0 aromatic rings. The molecule has 0 aromatic carbocycles. The molecule has 0 saturated carbocycles. The number of nitrogens with one attached hydrogen (secondary N) is 1. The molecule has 11 heavy (non-hydrogen) atoms. The third-order valence-electron chi connectivity index (χ3n) is 2.21. The molecule has 0 aliphatic carbocycles. The van der Waals surface area contributed by atoms with Crippen molar-refractivity contribution in [3.05, 3.63) is 0 Å². The van der Waals surface area contributed by atoms with Crippen LogP contribution in [0.2, 0.25) is 0 Å². The van der Waals surface area contributed by atoms with E-state index in [0.29, 0.717) is 6.17 Å². The van der Waals surface area contributed by atoms with Gasteiger partial charge in [0.25, 0.3) is 0 Å². The second kappa shape index (κ2) is 4.70. The van der Waals surface area contributed by atoms with Gasteiger partial charge in [-0.05, 0) is 6.42 Å². The first-order chi connectivity index (χ1) is 5.34. The molecule has 66 valence electrons. The highest BCUT2D eigenvalue weighted by Crippen LogP contribution is 2.01. The standard InChI is InChI=1S/C8H19N3/c1-2-3-8(9)11-6-4-10-5-7-11/h8,10H,2-7,9H2,1H3/t8-/m1/s1. The largest absolute Gasteiger partial charge is 0.316 e. The molecule has 1 fully saturated rings. The van der Waals surface area contributed by atoms with Crippen molar-refractivity contribution < 1.29 is 0 Å². The zero-order valence-electron chi connectivity index (χ0n) is 7.34. The number of nitrogens with zero attached hydrogens (tertiary/aromatic N) is 1. The van der Waals surface area contributed by atoms with Crippen molar-refractivity contribution in [2.45, 2.75) is 25.9 Å². The fourth-order valence-corrected chi connectivity index (χ4v) is 1.49. The molecule has 3 nitrogen and oxygen atoms in total. The van der Waals surface area contributed by atoms with Gasteiger partial charge >= 0.3 is 0 Å². The normalized spacial score (nSPS) is 23.5. The lowest BCUT2D eigenvalue weighted by Gasteiger charge is -2.32. The summed E-state index contributed by atoms with van der Waals surface area (Å²) in [6.45, 7) is 6.60. The number of hydrogen-bond donors (Lipinski definition) is 2. The maximum Gasteiger partial charge on any atom is 0.0572 e. The number of piperazine rings is 1. The summed E-state index contributed by atoms with van der Waals surface area (Å²) in [6, 6.07) is 0. The molecule has 0 aromatic heterocycles. The maximum atomic E-state index is 5.96. The van der Waals surface area contributed by atoms with E-state index in [1.807, 2.05) is 0 Å². The molecule has 3 heteroatoms. The Morgan fingerprint density at radius 3 is 2.64 bits per heavy atom. The zero-order chi connectivity index (χ0) is 8.10. The molecule has 1 rings (SSSR count). The molecule has 0 radical (unpaired) electrons. The summed E-state index contributed by atoms with van der Waals surface area (Å²) < 4.78 is 0. The summed E-state index contributed by atoms with van der Waals surface area (Å²) in [5, 5.41) is 3.31. The lowest BCUT2D eigenvalue weighted by atomic mass is 10.2. The molecule has 1 heterocycles. The summed E-state index contributed by atoms with van der Waals surface area (Å²) in [5.41, 5.74) is 5.96. The van der Waals surface area contributed by atoms with Gasteiger partial charge in [0, 0.05) is 26.2 Å². The van der Waals surface area contributed by atoms with Crippen LogP contribution >= 0.6 is 0 Å². The molecule has 1 atom stereocenters. The van der Waals surface area contributed by atoms with Crippen LogP contribution in [0.1, 0.15) is 19.8 Å². The monoisotopic (exact) mass is 157 g/mol. The molecule has 0 unspecified atom stereocenters. The topological polar surface area (TPSA) is 41.3 Å². The van der Waals surface area contributed by atoms with Crippen LogP contribution in [0.15, 0.2) is 0 Å². The van der Waals surface area contributed by atoms with Gasteiger partial charge in [0.15, 0.2) is 0 Å². The fourth-order valence-electron chi connectivity index (χ4n) is 1.49. The van der Waals surface area contributed by atoms with Gasteiger partial charge in [-0.1, -0.05) is 13.3 Å². The predicted octanol–water partition coefficient (Wildman–Crippen LogP) is -0.0235. The van der Waals surface area contributed by atoms with E-state index in [4.69, 9.17) is 5.73 Å². The van der Waals surface area contributed by atoms with Gasteiger partial charge in [-0.15, -0.1) is 0 Å². The molecule has 0 spiro atoms. The van der Waals surface area contributed by atoms with Gasteiger partial charge in [0.1, 0.15) is 0 Å². The van der Waals surface area contributed by atoms with Gasteiger partial charge in [0.2, 0.25) is 0 Å². The summed E-state index contributed by atoms with van der Waals surface area (Å²) in [5.74, 6) is 0. The lowest BCUT2D eigenvalue weighted by molar-refractivity contribution is 0.167. The Labute approximate surface area is 68.9 Å². The van der Waals surface area contributed by atoms with Crippen LogP contribution in [0.3, 0.4) is 0 Å². The number of nitrogens with two attached hydrogens (primary N) is 1. The molecule has 1 saturated heterocycles. The van der Waals surface area contributed by atoms with E-state index >= 15 is 0 Å². The fraction of sp³-hybridized carbons (Fsp3) is 1.00. The Hall–Kier alpha value is -0.120. The molecule has 0 amide bonds. The Balaban J connectivity index is 2.21. The molecular formula is C8H19N3. The van der Waals surface area contributed by atoms with Crippen LogP contribution in [0.25, 0.3) is 0 Å². The van der Waals surface area contributed by atoms with E-state index in [2.05, 4.69) is 17.1 Å². The number of rotatable bonds is 3. The third-order valence-corrected chi connectivity index (χ3v) is 2.21. The average molecular weight is 157 g/mol. The molecule has 0 bridgehead atoms.